The maximum absolute atomic E-state index is 13.5. The number of piperidine rings is 1. The van der Waals surface area contributed by atoms with Crippen LogP contribution in [0.25, 0.3) is 10.9 Å². The minimum absolute atomic E-state index is 0.00432. The van der Waals surface area contributed by atoms with Gasteiger partial charge in [0.25, 0.3) is 0 Å². The van der Waals surface area contributed by atoms with E-state index in [0.717, 1.165) is 29.5 Å². The first kappa shape index (κ1) is 28.6. The number of aromatic nitrogens is 1. The molecule has 7 nitrogen and oxygen atoms in total. The molecule has 1 aliphatic heterocycles. The Morgan fingerprint density at radius 1 is 1.13 bits per heavy atom. The molecule has 4 rings (SSSR count). The largest absolute Gasteiger partial charge is 0.480 e. The maximum Gasteiger partial charge on any atom is 0.406 e. The van der Waals surface area contributed by atoms with Crippen LogP contribution < -0.4 is 15.9 Å². The number of hydrogen-bond donors (Lipinski definition) is 3. The highest BCUT2D eigenvalue weighted by Gasteiger charge is 2.30. The fraction of sp³-hybridized carbons (Fsp3) is 0.393. The zero-order valence-corrected chi connectivity index (χ0v) is 22.8. The van der Waals surface area contributed by atoms with Gasteiger partial charge in [-0.15, -0.1) is 0 Å². The average molecular weight is 561 g/mol. The molecule has 1 aliphatic rings. The van der Waals surface area contributed by atoms with Gasteiger partial charge in [-0.05, 0) is 74.6 Å². The fourth-order valence-corrected chi connectivity index (χ4v) is 5.60. The van der Waals surface area contributed by atoms with E-state index in [1.807, 2.05) is 11.0 Å². The van der Waals surface area contributed by atoms with Gasteiger partial charge in [0.15, 0.2) is 0 Å². The standard InChI is InChI=1S/C28H32F3N4O3P/c1-39(2,38)23-10-8-20(9-11-23)32-14-4-5-22-17-24-25(6-3-7-26(24)35(22)19-28(29,30)31)33-21-12-15-34(16-13-21)18-27(36)37/h3,6-11,17,21,32-33H,12-16,18-19H2,1-2H3,(H,36,37). The van der Waals surface area contributed by atoms with E-state index in [9.17, 15) is 22.5 Å². The lowest BCUT2D eigenvalue weighted by Crippen LogP contribution is -2.41. The molecule has 208 valence electrons. The van der Waals surface area contributed by atoms with Gasteiger partial charge in [-0.3, -0.25) is 9.69 Å². The molecule has 0 bridgehead atoms. The van der Waals surface area contributed by atoms with Gasteiger partial charge in [-0.25, -0.2) is 0 Å². The summed E-state index contributed by atoms with van der Waals surface area (Å²) in [5.41, 5.74) is 2.22. The van der Waals surface area contributed by atoms with Crippen molar-refractivity contribution in [3.63, 3.8) is 0 Å². The van der Waals surface area contributed by atoms with Crippen LogP contribution in [0, 0.1) is 11.8 Å². The number of fused-ring (bicyclic) bond motifs is 1. The first-order chi connectivity index (χ1) is 18.4. The van der Waals surface area contributed by atoms with E-state index < -0.39 is 25.8 Å². The molecule has 1 fully saturated rings. The zero-order valence-electron chi connectivity index (χ0n) is 21.9. The van der Waals surface area contributed by atoms with E-state index in [-0.39, 0.29) is 24.8 Å². The van der Waals surface area contributed by atoms with E-state index in [2.05, 4.69) is 22.5 Å². The Morgan fingerprint density at radius 2 is 1.82 bits per heavy atom. The van der Waals surface area contributed by atoms with Crippen molar-refractivity contribution in [3.05, 3.63) is 54.2 Å². The Bertz CT molecular complexity index is 1430. The normalized spacial score (nSPS) is 15.1. The molecular formula is C28H32F3N4O3P. The first-order valence-corrected chi connectivity index (χ1v) is 15.3. The van der Waals surface area contributed by atoms with Gasteiger partial charge in [0.05, 0.1) is 24.3 Å². The molecule has 0 aliphatic carbocycles. The predicted molar refractivity (Wildman–Crippen MR) is 150 cm³/mol. The van der Waals surface area contributed by atoms with Crippen LogP contribution in [0.15, 0.2) is 48.5 Å². The summed E-state index contributed by atoms with van der Waals surface area (Å²) in [5, 5.41) is 17.0. The van der Waals surface area contributed by atoms with Crippen LogP contribution in [0.3, 0.4) is 0 Å². The third-order valence-electron chi connectivity index (χ3n) is 6.68. The molecule has 2 aromatic carbocycles. The van der Waals surface area contributed by atoms with Crippen molar-refractivity contribution in [3.8, 4) is 11.8 Å². The zero-order chi connectivity index (χ0) is 28.2. The van der Waals surface area contributed by atoms with Crippen LogP contribution in [0.1, 0.15) is 18.5 Å². The number of hydrogen-bond acceptors (Lipinski definition) is 5. The number of nitrogens with zero attached hydrogens (tertiary/aromatic N) is 2. The SMILES string of the molecule is CP(C)(=O)c1ccc(NCC#Cc2cc3c(NC4CCN(CC(=O)O)CC4)cccc3n2CC(F)(F)F)cc1. The summed E-state index contributed by atoms with van der Waals surface area (Å²) in [7, 11) is -2.35. The molecule has 0 unspecified atom stereocenters. The Balaban J connectivity index is 1.52. The number of halogens is 3. The van der Waals surface area contributed by atoms with Crippen LogP contribution in [-0.4, -0.2) is 72.3 Å². The molecule has 0 spiro atoms. The van der Waals surface area contributed by atoms with Gasteiger partial charge in [-0.1, -0.05) is 12.0 Å². The first-order valence-electron chi connectivity index (χ1n) is 12.7. The van der Waals surface area contributed by atoms with E-state index in [1.165, 1.54) is 4.57 Å². The number of carboxylic acid groups (broad SMARTS) is 1. The van der Waals surface area contributed by atoms with Gasteiger partial charge in [0.1, 0.15) is 13.7 Å². The maximum atomic E-state index is 13.5. The summed E-state index contributed by atoms with van der Waals surface area (Å²) in [4.78, 5) is 12.8. The summed E-state index contributed by atoms with van der Waals surface area (Å²) >= 11 is 0. The minimum Gasteiger partial charge on any atom is -0.480 e. The smallest absolute Gasteiger partial charge is 0.406 e. The summed E-state index contributed by atoms with van der Waals surface area (Å²) in [6.07, 6.45) is -2.94. The molecule has 0 saturated carbocycles. The second-order valence-electron chi connectivity index (χ2n) is 10.1. The molecule has 0 amide bonds. The van der Waals surface area contributed by atoms with Crippen molar-refractivity contribution >= 4 is 40.7 Å². The summed E-state index contributed by atoms with van der Waals surface area (Å²) in [5.74, 6) is 4.97. The molecule has 1 saturated heterocycles. The Morgan fingerprint density at radius 3 is 2.44 bits per heavy atom. The van der Waals surface area contributed by atoms with Crippen LogP contribution >= 0.6 is 7.14 Å². The summed E-state index contributed by atoms with van der Waals surface area (Å²) in [6, 6.07) is 14.2. The number of rotatable bonds is 8. The van der Waals surface area contributed by atoms with Crippen molar-refractivity contribution < 1.29 is 27.6 Å². The van der Waals surface area contributed by atoms with E-state index in [1.54, 1.807) is 55.8 Å². The molecule has 39 heavy (non-hydrogen) atoms. The fourth-order valence-electron chi connectivity index (χ4n) is 4.73. The van der Waals surface area contributed by atoms with Gasteiger partial charge in [0.2, 0.25) is 0 Å². The quantitative estimate of drug-likeness (QED) is 0.269. The monoisotopic (exact) mass is 560 g/mol. The Labute approximate surface area is 225 Å². The topological polar surface area (TPSA) is 86.6 Å². The van der Waals surface area contributed by atoms with Crippen LogP contribution in [0.4, 0.5) is 24.5 Å². The van der Waals surface area contributed by atoms with Crippen molar-refractivity contribution in [1.29, 1.82) is 0 Å². The summed E-state index contributed by atoms with van der Waals surface area (Å²) in [6.45, 7) is 3.75. The van der Waals surface area contributed by atoms with Gasteiger partial charge in [0, 0.05) is 41.2 Å². The third-order valence-corrected chi connectivity index (χ3v) is 8.22. The third kappa shape index (κ3) is 7.81. The second-order valence-corrected chi connectivity index (χ2v) is 13.3. The van der Waals surface area contributed by atoms with E-state index in [4.69, 9.17) is 5.11 Å². The highest BCUT2D eigenvalue weighted by atomic mass is 31.2. The minimum atomic E-state index is -4.42. The Hall–Kier alpha value is -3.41. The molecule has 3 N–H and O–H groups in total. The molecular weight excluding hydrogens is 528 g/mol. The average Bonchev–Trinajstić information content (AvgIpc) is 3.19. The molecule has 0 atom stereocenters. The number of benzene rings is 2. The molecule has 3 aromatic rings. The second kappa shape index (κ2) is 11.8. The number of carboxylic acids is 1. The number of nitrogens with one attached hydrogen (secondary N) is 2. The number of aliphatic carboxylic acids is 1. The van der Waals surface area contributed by atoms with E-state index in [0.29, 0.717) is 24.0 Å². The van der Waals surface area contributed by atoms with Gasteiger partial charge in [-0.2, -0.15) is 13.2 Å². The van der Waals surface area contributed by atoms with Crippen LogP contribution in [-0.2, 0) is 15.9 Å². The van der Waals surface area contributed by atoms with Crippen LogP contribution in [0.2, 0.25) is 0 Å². The lowest BCUT2D eigenvalue weighted by Gasteiger charge is -2.32. The molecule has 11 heteroatoms. The summed E-state index contributed by atoms with van der Waals surface area (Å²) < 4.78 is 53.8. The predicted octanol–water partition coefficient (Wildman–Crippen LogP) is 4.88. The van der Waals surface area contributed by atoms with Crippen molar-refractivity contribution in [1.82, 2.24) is 9.47 Å². The number of likely N-dealkylation sites (tertiary alicyclic amines) is 1. The molecule has 1 aromatic heterocycles. The van der Waals surface area contributed by atoms with E-state index >= 15 is 0 Å². The van der Waals surface area contributed by atoms with Crippen molar-refractivity contribution in [2.24, 2.45) is 0 Å². The van der Waals surface area contributed by atoms with Crippen molar-refractivity contribution in [2.75, 3.05) is 50.1 Å². The highest BCUT2D eigenvalue weighted by Crippen LogP contribution is 2.34. The van der Waals surface area contributed by atoms with Gasteiger partial charge < -0.3 is 24.9 Å². The van der Waals surface area contributed by atoms with Gasteiger partial charge >= 0.3 is 12.1 Å². The molecule has 0 radical (unpaired) electrons. The lowest BCUT2D eigenvalue weighted by molar-refractivity contribution is -0.140. The Kier molecular flexibility index (Phi) is 8.63. The number of carbonyl (C=O) groups is 1. The highest BCUT2D eigenvalue weighted by molar-refractivity contribution is 7.70. The van der Waals surface area contributed by atoms with Crippen LogP contribution in [0.5, 0.6) is 0 Å². The number of anilines is 2. The van der Waals surface area contributed by atoms with Crippen molar-refractivity contribution in [2.45, 2.75) is 31.6 Å². The number of alkyl halides is 3. The lowest BCUT2D eigenvalue weighted by atomic mass is 10.0. The molecule has 2 heterocycles.